The first-order valence-electron chi connectivity index (χ1n) is 14.2. The molecular weight excluding hydrogens is 516 g/mol. The van der Waals surface area contributed by atoms with Crippen LogP contribution >= 0.6 is 0 Å². The maximum Gasteiger partial charge on any atom is 0.349 e. The van der Waals surface area contributed by atoms with Crippen molar-refractivity contribution in [2.45, 2.75) is 110 Å². The molecule has 0 amide bonds. The normalized spacial score (nSPS) is 13.9. The van der Waals surface area contributed by atoms with Crippen molar-refractivity contribution < 1.29 is 24.9 Å². The molecule has 0 bridgehead atoms. The van der Waals surface area contributed by atoms with E-state index in [0.29, 0.717) is 17.5 Å². The van der Waals surface area contributed by atoms with Gasteiger partial charge in [0.15, 0.2) is 11.5 Å². The van der Waals surface area contributed by atoms with Crippen LogP contribution in [0.25, 0.3) is 22.6 Å². The first-order valence-corrected chi connectivity index (χ1v) is 14.2. The zero-order valence-corrected chi connectivity index (χ0v) is 23.7. The fourth-order valence-electron chi connectivity index (χ4n) is 4.72. The van der Waals surface area contributed by atoms with E-state index in [1.807, 2.05) is 13.8 Å². The van der Waals surface area contributed by atoms with Gasteiger partial charge in [0, 0.05) is 6.42 Å². The van der Waals surface area contributed by atoms with Crippen molar-refractivity contribution in [1.82, 2.24) is 19.5 Å². The zero-order valence-electron chi connectivity index (χ0n) is 23.7. The SMILES string of the molecule is CCCCCCCCCCCC(=O)OCC(O)C(O)C(O)Cn1c2nc(=O)[nH]c(=O)c-2nc2cc(C)c(C)cc21. The van der Waals surface area contributed by atoms with Crippen molar-refractivity contribution in [3.8, 4) is 11.5 Å². The Morgan fingerprint density at radius 2 is 1.55 bits per heavy atom. The number of carbonyl (C=O) groups excluding carboxylic acids is 1. The Labute approximate surface area is 233 Å². The third-order valence-electron chi connectivity index (χ3n) is 7.28. The minimum Gasteiger partial charge on any atom is -0.463 e. The largest absolute Gasteiger partial charge is 0.463 e. The number of unbranched alkanes of at least 4 members (excludes halogenated alkanes) is 8. The predicted octanol–water partition coefficient (Wildman–Crippen LogP) is 2.75. The first-order chi connectivity index (χ1) is 19.1. The summed E-state index contributed by atoms with van der Waals surface area (Å²) in [6, 6.07) is 3.56. The number of H-pyrrole nitrogens is 1. The van der Waals surface area contributed by atoms with Gasteiger partial charge in [0.25, 0.3) is 5.56 Å². The number of fused-ring (bicyclic) bond motifs is 2. The highest BCUT2D eigenvalue weighted by Gasteiger charge is 2.29. The van der Waals surface area contributed by atoms with Crippen molar-refractivity contribution in [3.05, 3.63) is 44.1 Å². The average Bonchev–Trinajstić information content (AvgIpc) is 2.91. The third-order valence-corrected chi connectivity index (χ3v) is 7.28. The van der Waals surface area contributed by atoms with Crippen LogP contribution in [0.3, 0.4) is 0 Å². The maximum atomic E-state index is 12.4. The number of aromatic amines is 1. The molecule has 3 rings (SSSR count). The fourth-order valence-corrected chi connectivity index (χ4v) is 4.72. The molecule has 1 aromatic carbocycles. The number of aromatic nitrogens is 4. The molecule has 11 heteroatoms. The number of benzene rings is 1. The van der Waals surface area contributed by atoms with Crippen LogP contribution in [0.1, 0.15) is 82.3 Å². The molecule has 2 heterocycles. The number of carbonyl (C=O) groups is 1. The maximum absolute atomic E-state index is 12.4. The van der Waals surface area contributed by atoms with E-state index in [1.54, 1.807) is 12.1 Å². The van der Waals surface area contributed by atoms with Crippen LogP contribution in [-0.4, -0.2) is 65.7 Å². The van der Waals surface area contributed by atoms with Crippen LogP contribution < -0.4 is 11.2 Å². The molecular formula is C29H42N4O7. The van der Waals surface area contributed by atoms with Gasteiger partial charge in [0.1, 0.15) is 24.9 Å². The molecule has 0 fully saturated rings. The first kappa shape index (κ1) is 31.4. The number of esters is 1. The average molecular weight is 559 g/mol. The summed E-state index contributed by atoms with van der Waals surface area (Å²) in [5.41, 5.74) is 1.07. The molecule has 40 heavy (non-hydrogen) atoms. The number of aryl methyl sites for hydroxylation is 2. The second-order valence-corrected chi connectivity index (χ2v) is 10.6. The number of ether oxygens (including phenoxy) is 1. The predicted molar refractivity (Wildman–Crippen MR) is 151 cm³/mol. The number of rotatable bonds is 16. The summed E-state index contributed by atoms with van der Waals surface area (Å²) in [7, 11) is 0. The highest BCUT2D eigenvalue weighted by Crippen LogP contribution is 2.24. The van der Waals surface area contributed by atoms with Crippen LogP contribution in [0.15, 0.2) is 21.7 Å². The molecule has 0 radical (unpaired) electrons. The smallest absolute Gasteiger partial charge is 0.349 e. The van der Waals surface area contributed by atoms with E-state index in [9.17, 15) is 29.7 Å². The lowest BCUT2D eigenvalue weighted by Crippen LogP contribution is -2.43. The molecule has 0 aromatic heterocycles. The lowest BCUT2D eigenvalue weighted by molar-refractivity contribution is -0.152. The monoisotopic (exact) mass is 558 g/mol. The summed E-state index contributed by atoms with van der Waals surface area (Å²) in [5, 5.41) is 31.8. The molecule has 0 spiro atoms. The van der Waals surface area contributed by atoms with E-state index in [0.717, 1.165) is 30.4 Å². The second-order valence-electron chi connectivity index (χ2n) is 10.6. The topological polar surface area (TPSA) is 168 Å². The molecule has 11 nitrogen and oxygen atoms in total. The van der Waals surface area contributed by atoms with Crippen LogP contribution in [0.4, 0.5) is 0 Å². The van der Waals surface area contributed by atoms with Gasteiger partial charge in [0.2, 0.25) is 0 Å². The Morgan fingerprint density at radius 3 is 2.23 bits per heavy atom. The molecule has 220 valence electrons. The van der Waals surface area contributed by atoms with Crippen LogP contribution in [0, 0.1) is 13.8 Å². The van der Waals surface area contributed by atoms with Gasteiger partial charge in [-0.3, -0.25) is 14.6 Å². The van der Waals surface area contributed by atoms with Gasteiger partial charge >= 0.3 is 11.7 Å². The van der Waals surface area contributed by atoms with Crippen LogP contribution in [-0.2, 0) is 16.1 Å². The highest BCUT2D eigenvalue weighted by atomic mass is 16.5. The van der Waals surface area contributed by atoms with Crippen LogP contribution in [0.5, 0.6) is 0 Å². The number of hydrogen-bond donors (Lipinski definition) is 4. The van der Waals surface area contributed by atoms with Crippen molar-refractivity contribution >= 4 is 17.0 Å². The Hall–Kier alpha value is -3.15. The minimum atomic E-state index is -1.67. The Balaban J connectivity index is 1.58. The number of aliphatic hydroxyl groups excluding tert-OH is 3. The molecule has 3 atom stereocenters. The van der Waals surface area contributed by atoms with Gasteiger partial charge in [-0.2, -0.15) is 4.98 Å². The number of nitrogens with one attached hydrogen (secondary N) is 1. The van der Waals surface area contributed by atoms with Gasteiger partial charge < -0.3 is 24.6 Å². The summed E-state index contributed by atoms with van der Waals surface area (Å²) in [6.45, 7) is 5.18. The highest BCUT2D eigenvalue weighted by molar-refractivity contribution is 5.81. The van der Waals surface area contributed by atoms with Crippen LogP contribution in [0.2, 0.25) is 0 Å². The zero-order chi connectivity index (χ0) is 29.2. The van der Waals surface area contributed by atoms with Gasteiger partial charge in [0.05, 0.1) is 17.6 Å². The minimum absolute atomic E-state index is 0.0577. The van der Waals surface area contributed by atoms with E-state index >= 15 is 0 Å². The molecule has 0 aliphatic carbocycles. The van der Waals surface area contributed by atoms with E-state index in [4.69, 9.17) is 4.74 Å². The van der Waals surface area contributed by atoms with Crippen molar-refractivity contribution in [3.63, 3.8) is 0 Å². The number of nitrogens with zero attached hydrogens (tertiary/aromatic N) is 3. The number of hydrogen-bond acceptors (Lipinski definition) is 9. The molecule has 4 N–H and O–H groups in total. The van der Waals surface area contributed by atoms with E-state index in [-0.39, 0.29) is 24.5 Å². The summed E-state index contributed by atoms with van der Waals surface area (Å²) in [6.07, 6.45) is 5.56. The molecule has 0 saturated heterocycles. The lowest BCUT2D eigenvalue weighted by atomic mass is 10.1. The molecule has 2 aliphatic heterocycles. The summed E-state index contributed by atoms with van der Waals surface area (Å²) >= 11 is 0. The molecule has 3 unspecified atom stereocenters. The summed E-state index contributed by atoms with van der Waals surface area (Å²) < 4.78 is 6.55. The Kier molecular flexibility index (Phi) is 11.8. The summed E-state index contributed by atoms with van der Waals surface area (Å²) in [4.78, 5) is 46.8. The lowest BCUT2D eigenvalue weighted by Gasteiger charge is -2.25. The van der Waals surface area contributed by atoms with E-state index in [2.05, 4.69) is 21.9 Å². The fraction of sp³-hybridized carbons (Fsp3) is 0.621. The van der Waals surface area contributed by atoms with Gasteiger partial charge in [-0.05, 0) is 43.5 Å². The van der Waals surface area contributed by atoms with Gasteiger partial charge in [-0.1, -0.05) is 58.3 Å². The Bertz CT molecular complexity index is 1350. The molecule has 2 aliphatic rings. The number of aliphatic hydroxyl groups is 3. The molecule has 0 saturated carbocycles. The van der Waals surface area contributed by atoms with Crippen molar-refractivity contribution in [2.24, 2.45) is 0 Å². The third kappa shape index (κ3) is 8.42. The second kappa shape index (κ2) is 15.0. The van der Waals surface area contributed by atoms with Crippen molar-refractivity contribution in [2.75, 3.05) is 6.61 Å². The standard InChI is InChI=1S/C29H42N4O7/c1-4-5-6-7-8-9-10-11-12-13-24(36)40-17-23(35)26(37)22(34)16-33-21-15-19(3)18(2)14-20(21)30-25-27(33)31-29(39)32-28(25)38/h14-15,22-23,26,34-35,37H,4-13,16-17H2,1-3H3,(H,32,38,39). The van der Waals surface area contributed by atoms with Gasteiger partial charge in [-0.25, -0.2) is 9.78 Å². The van der Waals surface area contributed by atoms with Gasteiger partial charge in [-0.15, -0.1) is 0 Å². The van der Waals surface area contributed by atoms with E-state index < -0.39 is 42.1 Å². The summed E-state index contributed by atoms with van der Waals surface area (Å²) in [5.74, 6) is -0.529. The van der Waals surface area contributed by atoms with E-state index in [1.165, 1.54) is 36.7 Å². The Morgan fingerprint density at radius 1 is 0.925 bits per heavy atom. The molecule has 1 aromatic rings. The quantitative estimate of drug-likeness (QED) is 0.117. The van der Waals surface area contributed by atoms with Crippen molar-refractivity contribution in [1.29, 1.82) is 0 Å².